The molecule has 0 N–H and O–H groups in total. The van der Waals surface area contributed by atoms with E-state index in [0.717, 1.165) is 19.3 Å². The molecule has 0 bridgehead atoms. The summed E-state index contributed by atoms with van der Waals surface area (Å²) in [6, 6.07) is 19.1. The highest BCUT2D eigenvalue weighted by atomic mass is 16.6. The molecule has 1 aliphatic rings. The first kappa shape index (κ1) is 17.2. The van der Waals surface area contributed by atoms with Crippen molar-refractivity contribution in [3.8, 4) is 0 Å². The smallest absolute Gasteiger partial charge is 0.352 e. The summed E-state index contributed by atoms with van der Waals surface area (Å²) in [4.78, 5) is 24.1. The number of carbonyl (C=O) groups excluding carboxylic acids is 2. The lowest BCUT2D eigenvalue weighted by Crippen LogP contribution is -2.27. The minimum atomic E-state index is -1.02. The molecule has 3 rings (SSSR count). The maximum absolute atomic E-state index is 12.7. The van der Waals surface area contributed by atoms with Crippen LogP contribution in [0.1, 0.15) is 49.3 Å². The van der Waals surface area contributed by atoms with Crippen LogP contribution in [0.3, 0.4) is 0 Å². The Labute approximate surface area is 147 Å². The molecule has 0 aromatic heterocycles. The molecule has 1 aliphatic carbocycles. The van der Waals surface area contributed by atoms with Crippen LogP contribution in [0.15, 0.2) is 60.7 Å². The van der Waals surface area contributed by atoms with Gasteiger partial charge < -0.3 is 9.47 Å². The molecule has 0 radical (unpaired) electrons. The van der Waals surface area contributed by atoms with Gasteiger partial charge in [0.15, 0.2) is 0 Å². The van der Waals surface area contributed by atoms with E-state index >= 15 is 0 Å². The SMILES string of the molecule is CC(=O)O[C@@H](C(=O)O[C@H]1CCC[C@H]1c1ccccc1)c1ccccc1. The first-order chi connectivity index (χ1) is 12.1. The van der Waals surface area contributed by atoms with Crippen molar-refractivity contribution in [2.45, 2.75) is 44.3 Å². The van der Waals surface area contributed by atoms with Crippen molar-refractivity contribution in [1.82, 2.24) is 0 Å². The van der Waals surface area contributed by atoms with E-state index in [4.69, 9.17) is 9.47 Å². The Morgan fingerprint density at radius 3 is 2.24 bits per heavy atom. The number of carbonyl (C=O) groups is 2. The van der Waals surface area contributed by atoms with Gasteiger partial charge in [0.2, 0.25) is 6.10 Å². The highest BCUT2D eigenvalue weighted by Crippen LogP contribution is 2.37. The molecular formula is C21H22O4. The van der Waals surface area contributed by atoms with E-state index in [1.165, 1.54) is 12.5 Å². The van der Waals surface area contributed by atoms with E-state index in [1.54, 1.807) is 24.3 Å². The summed E-state index contributed by atoms with van der Waals surface area (Å²) >= 11 is 0. The maximum Gasteiger partial charge on any atom is 0.352 e. The van der Waals surface area contributed by atoms with E-state index in [2.05, 4.69) is 12.1 Å². The van der Waals surface area contributed by atoms with E-state index in [1.807, 2.05) is 24.3 Å². The monoisotopic (exact) mass is 338 g/mol. The predicted molar refractivity (Wildman–Crippen MR) is 93.9 cm³/mol. The van der Waals surface area contributed by atoms with Gasteiger partial charge in [-0.3, -0.25) is 4.79 Å². The van der Waals surface area contributed by atoms with Crippen LogP contribution in [0.5, 0.6) is 0 Å². The summed E-state index contributed by atoms with van der Waals surface area (Å²) in [7, 11) is 0. The zero-order valence-corrected chi connectivity index (χ0v) is 14.3. The average Bonchev–Trinajstić information content (AvgIpc) is 3.09. The van der Waals surface area contributed by atoms with Crippen molar-refractivity contribution in [2.75, 3.05) is 0 Å². The van der Waals surface area contributed by atoms with Gasteiger partial charge in [0.05, 0.1) is 0 Å². The first-order valence-corrected chi connectivity index (χ1v) is 8.63. The molecule has 4 heteroatoms. The van der Waals surface area contributed by atoms with Crippen LogP contribution < -0.4 is 0 Å². The van der Waals surface area contributed by atoms with Gasteiger partial charge in [0.1, 0.15) is 6.10 Å². The summed E-state index contributed by atoms with van der Waals surface area (Å²) in [6.07, 6.45) is 1.63. The fourth-order valence-corrected chi connectivity index (χ4v) is 3.41. The molecule has 2 aromatic carbocycles. The average molecular weight is 338 g/mol. The lowest BCUT2D eigenvalue weighted by Gasteiger charge is -2.23. The largest absolute Gasteiger partial charge is 0.459 e. The van der Waals surface area contributed by atoms with Crippen molar-refractivity contribution in [1.29, 1.82) is 0 Å². The molecule has 1 saturated carbocycles. The fourth-order valence-electron chi connectivity index (χ4n) is 3.41. The normalized spacial score (nSPS) is 20.7. The van der Waals surface area contributed by atoms with E-state index in [-0.39, 0.29) is 12.0 Å². The van der Waals surface area contributed by atoms with Gasteiger partial charge in [-0.1, -0.05) is 60.7 Å². The second-order valence-corrected chi connectivity index (χ2v) is 6.32. The summed E-state index contributed by atoms with van der Waals surface area (Å²) in [5.41, 5.74) is 1.80. The van der Waals surface area contributed by atoms with Crippen LogP contribution in [0.2, 0.25) is 0 Å². The van der Waals surface area contributed by atoms with Gasteiger partial charge in [-0.15, -0.1) is 0 Å². The summed E-state index contributed by atoms with van der Waals surface area (Å²) in [6.45, 7) is 1.30. The molecule has 3 atom stereocenters. The van der Waals surface area contributed by atoms with Gasteiger partial charge >= 0.3 is 11.9 Å². The zero-order valence-electron chi connectivity index (χ0n) is 14.3. The Kier molecular flexibility index (Phi) is 5.49. The summed E-state index contributed by atoms with van der Waals surface area (Å²) in [5, 5.41) is 0. The Bertz CT molecular complexity index is 711. The van der Waals surface area contributed by atoms with Crippen LogP contribution in [-0.2, 0) is 19.1 Å². The van der Waals surface area contributed by atoms with Crippen LogP contribution in [0.25, 0.3) is 0 Å². The quantitative estimate of drug-likeness (QED) is 0.768. The van der Waals surface area contributed by atoms with Crippen molar-refractivity contribution >= 4 is 11.9 Å². The number of rotatable bonds is 5. The molecule has 0 unspecified atom stereocenters. The van der Waals surface area contributed by atoms with Gasteiger partial charge in [-0.05, 0) is 24.8 Å². The molecule has 0 amide bonds. The van der Waals surface area contributed by atoms with E-state index in [0.29, 0.717) is 5.56 Å². The summed E-state index contributed by atoms with van der Waals surface area (Å²) < 4.78 is 11.0. The lowest BCUT2D eigenvalue weighted by atomic mass is 9.96. The highest BCUT2D eigenvalue weighted by molar-refractivity contribution is 5.80. The van der Waals surface area contributed by atoms with Crippen molar-refractivity contribution in [2.24, 2.45) is 0 Å². The molecule has 130 valence electrons. The van der Waals surface area contributed by atoms with Crippen LogP contribution in [0.4, 0.5) is 0 Å². The number of esters is 2. The standard InChI is InChI=1S/C21H22O4/c1-15(22)24-20(17-11-6-3-7-12-17)21(23)25-19-14-8-13-18(19)16-9-4-2-5-10-16/h2-7,9-12,18-20H,8,13-14H2,1H3/t18-,19-,20+/m0/s1. The fraction of sp³-hybridized carbons (Fsp3) is 0.333. The number of benzene rings is 2. The minimum absolute atomic E-state index is 0.184. The Morgan fingerprint density at radius 2 is 1.60 bits per heavy atom. The van der Waals surface area contributed by atoms with Gasteiger partial charge in [0.25, 0.3) is 0 Å². The summed E-state index contributed by atoms with van der Waals surface area (Å²) in [5.74, 6) is -0.815. The van der Waals surface area contributed by atoms with Crippen molar-refractivity contribution < 1.29 is 19.1 Å². The topological polar surface area (TPSA) is 52.6 Å². The molecule has 2 aromatic rings. The zero-order chi connectivity index (χ0) is 17.6. The highest BCUT2D eigenvalue weighted by Gasteiger charge is 2.35. The molecule has 4 nitrogen and oxygen atoms in total. The maximum atomic E-state index is 12.7. The molecular weight excluding hydrogens is 316 g/mol. The Hall–Kier alpha value is -2.62. The minimum Gasteiger partial charge on any atom is -0.459 e. The third-order valence-electron chi connectivity index (χ3n) is 4.55. The number of hydrogen-bond donors (Lipinski definition) is 0. The van der Waals surface area contributed by atoms with Gasteiger partial charge in [0, 0.05) is 18.4 Å². The molecule has 0 spiro atoms. The molecule has 25 heavy (non-hydrogen) atoms. The Balaban J connectivity index is 1.75. The van der Waals surface area contributed by atoms with Crippen LogP contribution in [-0.4, -0.2) is 18.0 Å². The second-order valence-electron chi connectivity index (χ2n) is 6.32. The molecule has 0 heterocycles. The van der Waals surface area contributed by atoms with E-state index in [9.17, 15) is 9.59 Å². The van der Waals surface area contributed by atoms with Crippen molar-refractivity contribution in [3.63, 3.8) is 0 Å². The number of ether oxygens (including phenoxy) is 2. The van der Waals surface area contributed by atoms with Gasteiger partial charge in [-0.2, -0.15) is 0 Å². The van der Waals surface area contributed by atoms with Crippen molar-refractivity contribution in [3.05, 3.63) is 71.8 Å². The molecule has 0 aliphatic heterocycles. The van der Waals surface area contributed by atoms with Crippen LogP contribution in [0, 0.1) is 0 Å². The number of hydrogen-bond acceptors (Lipinski definition) is 4. The second kappa shape index (κ2) is 7.97. The molecule has 1 fully saturated rings. The first-order valence-electron chi connectivity index (χ1n) is 8.63. The third-order valence-corrected chi connectivity index (χ3v) is 4.55. The predicted octanol–water partition coefficient (Wildman–Crippen LogP) is 4.17. The Morgan fingerprint density at radius 1 is 0.960 bits per heavy atom. The third kappa shape index (κ3) is 4.27. The van der Waals surface area contributed by atoms with E-state index < -0.39 is 18.0 Å². The molecule has 0 saturated heterocycles. The lowest BCUT2D eigenvalue weighted by molar-refractivity contribution is -0.171. The van der Waals surface area contributed by atoms with Gasteiger partial charge in [-0.25, -0.2) is 4.79 Å². The van der Waals surface area contributed by atoms with Crippen LogP contribution >= 0.6 is 0 Å².